The summed E-state index contributed by atoms with van der Waals surface area (Å²) in [5.74, 6) is 1.30. The number of para-hydroxylation sites is 2. The van der Waals surface area contributed by atoms with Gasteiger partial charge in [-0.1, -0.05) is 12.1 Å². The highest BCUT2D eigenvalue weighted by molar-refractivity contribution is 5.78. The van der Waals surface area contributed by atoms with Crippen LogP contribution in [0.15, 0.2) is 46.9 Å². The predicted octanol–water partition coefficient (Wildman–Crippen LogP) is 3.55. The first-order valence-electron chi connectivity index (χ1n) is 6.03. The second-order valence-corrected chi connectivity index (χ2v) is 4.15. The van der Waals surface area contributed by atoms with Gasteiger partial charge >= 0.3 is 0 Å². The third kappa shape index (κ3) is 2.01. The summed E-state index contributed by atoms with van der Waals surface area (Å²) < 4.78 is 11.2. The molecule has 3 aromatic rings. The van der Waals surface area contributed by atoms with Crippen LogP contribution in [0.3, 0.4) is 0 Å². The van der Waals surface area contributed by atoms with Crippen LogP contribution >= 0.6 is 0 Å². The smallest absolute Gasteiger partial charge is 0.231 e. The summed E-state index contributed by atoms with van der Waals surface area (Å²) in [6.45, 7) is 0. The van der Waals surface area contributed by atoms with E-state index in [4.69, 9.17) is 9.15 Å². The van der Waals surface area contributed by atoms with Crippen molar-refractivity contribution in [1.29, 1.82) is 0 Å². The fourth-order valence-electron chi connectivity index (χ4n) is 2.01. The molecule has 4 heteroatoms. The largest absolute Gasteiger partial charge is 0.496 e. The number of fused-ring (bicyclic) bond motifs is 1. The van der Waals surface area contributed by atoms with Crippen molar-refractivity contribution < 1.29 is 9.15 Å². The summed E-state index contributed by atoms with van der Waals surface area (Å²) in [5.41, 5.74) is 3.45. The van der Waals surface area contributed by atoms with Gasteiger partial charge in [-0.05, 0) is 24.3 Å². The van der Waals surface area contributed by atoms with Crippen molar-refractivity contribution in [2.45, 2.75) is 0 Å². The maximum atomic E-state index is 5.76. The molecule has 0 saturated carbocycles. The molecule has 0 aliphatic rings. The molecule has 0 aliphatic carbocycles. The topological polar surface area (TPSA) is 47.3 Å². The van der Waals surface area contributed by atoms with Gasteiger partial charge in [0.25, 0.3) is 0 Å². The summed E-state index contributed by atoms with van der Waals surface area (Å²) in [5, 5.41) is 3.08. The van der Waals surface area contributed by atoms with Gasteiger partial charge in [0.15, 0.2) is 5.58 Å². The summed E-state index contributed by atoms with van der Waals surface area (Å²) >= 11 is 0. The van der Waals surface area contributed by atoms with Gasteiger partial charge in [-0.25, -0.2) is 4.98 Å². The molecule has 3 rings (SSSR count). The lowest BCUT2D eigenvalue weighted by molar-refractivity contribution is 0.415. The van der Waals surface area contributed by atoms with Crippen LogP contribution in [-0.4, -0.2) is 19.1 Å². The molecule has 4 nitrogen and oxygen atoms in total. The fraction of sp³-hybridized carbons (Fsp3) is 0.133. The molecule has 0 unspecified atom stereocenters. The van der Waals surface area contributed by atoms with Gasteiger partial charge in [0.2, 0.25) is 5.89 Å². The second kappa shape index (κ2) is 4.65. The number of benzene rings is 2. The molecule has 19 heavy (non-hydrogen) atoms. The van der Waals surface area contributed by atoms with E-state index in [1.54, 1.807) is 7.11 Å². The van der Waals surface area contributed by atoms with Crippen LogP contribution in [0, 0.1) is 0 Å². The number of methoxy groups -OCH3 is 1. The van der Waals surface area contributed by atoms with Crippen molar-refractivity contribution in [2.24, 2.45) is 0 Å². The number of ether oxygens (including phenoxy) is 1. The van der Waals surface area contributed by atoms with Crippen LogP contribution in [0.25, 0.3) is 22.6 Å². The zero-order valence-corrected chi connectivity index (χ0v) is 10.8. The molecule has 0 spiro atoms. The fourth-order valence-corrected chi connectivity index (χ4v) is 2.01. The monoisotopic (exact) mass is 254 g/mol. The van der Waals surface area contributed by atoms with Gasteiger partial charge in [-0.3, -0.25) is 0 Å². The molecule has 0 radical (unpaired) electrons. The molecule has 0 fully saturated rings. The number of hydrogen-bond acceptors (Lipinski definition) is 4. The summed E-state index contributed by atoms with van der Waals surface area (Å²) in [4.78, 5) is 4.48. The van der Waals surface area contributed by atoms with E-state index in [1.165, 1.54) is 0 Å². The Hall–Kier alpha value is -2.49. The standard InChI is InChI=1S/C15H14N2O2/c1-16-10-7-8-11(14(9-10)18-2)15-17-12-5-3-4-6-13(12)19-15/h3-9,16H,1-2H3. The zero-order valence-electron chi connectivity index (χ0n) is 10.8. The highest BCUT2D eigenvalue weighted by Crippen LogP contribution is 2.33. The molecule has 0 bridgehead atoms. The summed E-state index contributed by atoms with van der Waals surface area (Å²) in [7, 11) is 3.51. The summed E-state index contributed by atoms with van der Waals surface area (Å²) in [6, 6.07) is 13.5. The minimum Gasteiger partial charge on any atom is -0.496 e. The van der Waals surface area contributed by atoms with Crippen molar-refractivity contribution in [1.82, 2.24) is 4.98 Å². The first-order chi connectivity index (χ1) is 9.31. The van der Waals surface area contributed by atoms with Crippen molar-refractivity contribution in [3.05, 3.63) is 42.5 Å². The maximum Gasteiger partial charge on any atom is 0.231 e. The molecule has 0 aliphatic heterocycles. The molecular formula is C15H14N2O2. The van der Waals surface area contributed by atoms with E-state index < -0.39 is 0 Å². The minimum atomic E-state index is 0.570. The Morgan fingerprint density at radius 3 is 2.74 bits per heavy atom. The van der Waals surface area contributed by atoms with Crippen molar-refractivity contribution in [2.75, 3.05) is 19.5 Å². The van der Waals surface area contributed by atoms with Gasteiger partial charge in [0.1, 0.15) is 11.3 Å². The molecule has 0 atom stereocenters. The van der Waals surface area contributed by atoms with Gasteiger partial charge in [-0.15, -0.1) is 0 Å². The highest BCUT2D eigenvalue weighted by atomic mass is 16.5. The van der Waals surface area contributed by atoms with Gasteiger partial charge in [0.05, 0.1) is 12.7 Å². The Balaban J connectivity index is 2.15. The SMILES string of the molecule is CNc1ccc(-c2nc3ccccc3o2)c(OC)c1. The number of anilines is 1. The molecule has 0 saturated heterocycles. The molecular weight excluding hydrogens is 240 g/mol. The van der Waals surface area contributed by atoms with Crippen LogP contribution in [0.2, 0.25) is 0 Å². The number of hydrogen-bond donors (Lipinski definition) is 1. The Labute approximate surface area is 111 Å². The van der Waals surface area contributed by atoms with Crippen molar-refractivity contribution in [3.8, 4) is 17.2 Å². The first kappa shape index (κ1) is 11.6. The average molecular weight is 254 g/mol. The quantitative estimate of drug-likeness (QED) is 0.776. The Morgan fingerprint density at radius 1 is 1.16 bits per heavy atom. The Kier molecular flexibility index (Phi) is 2.83. The molecule has 96 valence electrons. The lowest BCUT2D eigenvalue weighted by Crippen LogP contribution is -1.92. The van der Waals surface area contributed by atoms with E-state index in [1.807, 2.05) is 49.5 Å². The van der Waals surface area contributed by atoms with E-state index in [9.17, 15) is 0 Å². The Morgan fingerprint density at radius 2 is 2.00 bits per heavy atom. The highest BCUT2D eigenvalue weighted by Gasteiger charge is 2.13. The van der Waals surface area contributed by atoms with Crippen molar-refractivity contribution >= 4 is 16.8 Å². The lowest BCUT2D eigenvalue weighted by Gasteiger charge is -2.07. The van der Waals surface area contributed by atoms with Gasteiger partial charge in [-0.2, -0.15) is 0 Å². The molecule has 0 amide bonds. The van der Waals surface area contributed by atoms with E-state index in [-0.39, 0.29) is 0 Å². The van der Waals surface area contributed by atoms with Crippen LogP contribution in [-0.2, 0) is 0 Å². The second-order valence-electron chi connectivity index (χ2n) is 4.15. The first-order valence-corrected chi connectivity index (χ1v) is 6.03. The molecule has 1 heterocycles. The van der Waals surface area contributed by atoms with E-state index in [2.05, 4.69) is 10.3 Å². The van der Waals surface area contributed by atoms with Crippen LogP contribution in [0.1, 0.15) is 0 Å². The van der Waals surface area contributed by atoms with E-state index >= 15 is 0 Å². The Bertz CT molecular complexity index is 686. The van der Waals surface area contributed by atoms with Crippen LogP contribution < -0.4 is 10.1 Å². The van der Waals surface area contributed by atoms with Gasteiger partial charge < -0.3 is 14.5 Å². The number of nitrogens with zero attached hydrogens (tertiary/aromatic N) is 1. The van der Waals surface area contributed by atoms with E-state index in [0.29, 0.717) is 5.89 Å². The van der Waals surface area contributed by atoms with Crippen molar-refractivity contribution in [3.63, 3.8) is 0 Å². The van der Waals surface area contributed by atoms with Gasteiger partial charge in [0, 0.05) is 18.8 Å². The summed E-state index contributed by atoms with van der Waals surface area (Å²) in [6.07, 6.45) is 0. The van der Waals surface area contributed by atoms with Crippen LogP contribution in [0.4, 0.5) is 5.69 Å². The number of rotatable bonds is 3. The number of nitrogens with one attached hydrogen (secondary N) is 1. The molecule has 1 aromatic heterocycles. The third-order valence-corrected chi connectivity index (χ3v) is 3.01. The van der Waals surface area contributed by atoms with Crippen LogP contribution in [0.5, 0.6) is 5.75 Å². The third-order valence-electron chi connectivity index (χ3n) is 3.01. The predicted molar refractivity (Wildman–Crippen MR) is 75.5 cm³/mol. The zero-order chi connectivity index (χ0) is 13.2. The maximum absolute atomic E-state index is 5.76. The molecule has 1 N–H and O–H groups in total. The lowest BCUT2D eigenvalue weighted by atomic mass is 10.2. The average Bonchev–Trinajstić information content (AvgIpc) is 2.90. The number of oxazole rings is 1. The minimum absolute atomic E-state index is 0.570. The number of aromatic nitrogens is 1. The van der Waals surface area contributed by atoms with E-state index in [0.717, 1.165) is 28.1 Å². The normalized spacial score (nSPS) is 10.6. The molecule has 2 aromatic carbocycles.